The molecule has 0 bridgehead atoms. The Morgan fingerprint density at radius 2 is 2.11 bits per heavy atom. The molecule has 96 valence electrons. The SMILES string of the molecule is CCc1nc2ccc(C(F)(F)F)cn2c1C(=O)O. The van der Waals surface area contributed by atoms with Gasteiger partial charge in [0, 0.05) is 6.20 Å². The van der Waals surface area contributed by atoms with E-state index in [0.29, 0.717) is 6.42 Å². The lowest BCUT2D eigenvalue weighted by Crippen LogP contribution is -2.09. The fourth-order valence-electron chi connectivity index (χ4n) is 1.73. The van der Waals surface area contributed by atoms with E-state index in [0.717, 1.165) is 22.7 Å². The molecule has 0 aliphatic carbocycles. The number of aryl methyl sites for hydroxylation is 1. The summed E-state index contributed by atoms with van der Waals surface area (Å²) >= 11 is 0. The number of carboxylic acids is 1. The number of halogens is 3. The topological polar surface area (TPSA) is 54.6 Å². The van der Waals surface area contributed by atoms with Crippen LogP contribution in [0.2, 0.25) is 0 Å². The van der Waals surface area contributed by atoms with Gasteiger partial charge in [-0.3, -0.25) is 4.40 Å². The van der Waals surface area contributed by atoms with Crippen LogP contribution in [0.5, 0.6) is 0 Å². The van der Waals surface area contributed by atoms with Crippen LogP contribution < -0.4 is 0 Å². The number of aromatic carboxylic acids is 1. The Morgan fingerprint density at radius 1 is 1.44 bits per heavy atom. The normalized spacial score (nSPS) is 12.0. The van der Waals surface area contributed by atoms with Crippen molar-refractivity contribution in [2.24, 2.45) is 0 Å². The lowest BCUT2D eigenvalue weighted by molar-refractivity contribution is -0.137. The summed E-state index contributed by atoms with van der Waals surface area (Å²) in [5.41, 5.74) is -0.671. The first-order valence-electron chi connectivity index (χ1n) is 5.16. The van der Waals surface area contributed by atoms with Gasteiger partial charge in [0.2, 0.25) is 0 Å². The molecule has 1 N–H and O–H groups in total. The van der Waals surface area contributed by atoms with Crippen molar-refractivity contribution in [1.29, 1.82) is 0 Å². The first kappa shape index (κ1) is 12.4. The molecule has 0 fully saturated rings. The van der Waals surface area contributed by atoms with Crippen molar-refractivity contribution in [1.82, 2.24) is 9.38 Å². The van der Waals surface area contributed by atoms with Crippen molar-refractivity contribution in [3.63, 3.8) is 0 Å². The van der Waals surface area contributed by atoms with Crippen LogP contribution in [-0.2, 0) is 12.6 Å². The average Bonchev–Trinajstić information content (AvgIpc) is 2.64. The predicted molar refractivity (Wildman–Crippen MR) is 56.5 cm³/mol. The predicted octanol–water partition coefficient (Wildman–Crippen LogP) is 2.61. The Kier molecular flexibility index (Phi) is 2.76. The summed E-state index contributed by atoms with van der Waals surface area (Å²) in [7, 11) is 0. The Bertz CT molecular complexity index is 617. The molecular formula is C11H9F3N2O2. The number of rotatable bonds is 2. The van der Waals surface area contributed by atoms with Crippen LogP contribution in [0, 0.1) is 0 Å². The standard InChI is InChI=1S/C11H9F3N2O2/c1-2-7-9(10(17)18)16-5-6(11(12,13)14)3-4-8(16)15-7/h3-5H,2H2,1H3,(H,17,18). The van der Waals surface area contributed by atoms with Crippen molar-refractivity contribution in [3.8, 4) is 0 Å². The van der Waals surface area contributed by atoms with Crippen LogP contribution in [0.4, 0.5) is 13.2 Å². The molecule has 0 radical (unpaired) electrons. The van der Waals surface area contributed by atoms with Gasteiger partial charge in [0.1, 0.15) is 5.65 Å². The minimum atomic E-state index is -4.51. The van der Waals surface area contributed by atoms with Crippen LogP contribution >= 0.6 is 0 Å². The third-order valence-corrected chi connectivity index (χ3v) is 2.56. The van der Waals surface area contributed by atoms with E-state index in [1.165, 1.54) is 0 Å². The molecule has 0 amide bonds. The van der Waals surface area contributed by atoms with E-state index in [9.17, 15) is 18.0 Å². The zero-order valence-electron chi connectivity index (χ0n) is 9.32. The van der Waals surface area contributed by atoms with Gasteiger partial charge < -0.3 is 5.11 Å². The number of carboxylic acid groups (broad SMARTS) is 1. The molecular weight excluding hydrogens is 249 g/mol. The summed E-state index contributed by atoms with van der Waals surface area (Å²) in [4.78, 5) is 15.1. The molecule has 0 aromatic carbocycles. The highest BCUT2D eigenvalue weighted by Crippen LogP contribution is 2.29. The van der Waals surface area contributed by atoms with Crippen molar-refractivity contribution in [2.45, 2.75) is 19.5 Å². The molecule has 7 heteroatoms. The van der Waals surface area contributed by atoms with E-state index in [1.54, 1.807) is 6.92 Å². The van der Waals surface area contributed by atoms with E-state index in [4.69, 9.17) is 5.11 Å². The Morgan fingerprint density at radius 3 is 2.61 bits per heavy atom. The van der Waals surface area contributed by atoms with E-state index >= 15 is 0 Å². The molecule has 0 atom stereocenters. The van der Waals surface area contributed by atoms with Crippen molar-refractivity contribution >= 4 is 11.6 Å². The molecule has 0 saturated heterocycles. The number of alkyl halides is 3. The van der Waals surface area contributed by atoms with E-state index < -0.39 is 17.7 Å². The molecule has 2 aromatic heterocycles. The Balaban J connectivity index is 2.75. The third kappa shape index (κ3) is 1.92. The highest BCUT2D eigenvalue weighted by atomic mass is 19.4. The van der Waals surface area contributed by atoms with Crippen molar-refractivity contribution in [3.05, 3.63) is 35.3 Å². The number of nitrogens with zero attached hydrogens (tertiary/aromatic N) is 2. The molecule has 0 saturated carbocycles. The van der Waals surface area contributed by atoms with Crippen LogP contribution in [0.3, 0.4) is 0 Å². The van der Waals surface area contributed by atoms with Crippen molar-refractivity contribution < 1.29 is 23.1 Å². The third-order valence-electron chi connectivity index (χ3n) is 2.56. The molecule has 0 aliphatic rings. The molecule has 2 heterocycles. The monoisotopic (exact) mass is 258 g/mol. The first-order chi connectivity index (χ1) is 8.34. The second-order valence-corrected chi connectivity index (χ2v) is 3.71. The summed E-state index contributed by atoms with van der Waals surface area (Å²) < 4.78 is 38.6. The lowest BCUT2D eigenvalue weighted by atomic mass is 10.2. The first-order valence-corrected chi connectivity index (χ1v) is 5.16. The van der Waals surface area contributed by atoms with Gasteiger partial charge in [-0.15, -0.1) is 0 Å². The van der Waals surface area contributed by atoms with Crippen molar-refractivity contribution in [2.75, 3.05) is 0 Å². The van der Waals surface area contributed by atoms with E-state index in [1.807, 2.05) is 0 Å². The molecule has 4 nitrogen and oxygen atoms in total. The highest BCUT2D eigenvalue weighted by molar-refractivity contribution is 5.88. The number of imidazole rings is 1. The van der Waals surface area contributed by atoms with Gasteiger partial charge in [-0.1, -0.05) is 6.92 Å². The molecule has 18 heavy (non-hydrogen) atoms. The maximum Gasteiger partial charge on any atom is 0.417 e. The van der Waals surface area contributed by atoms with Gasteiger partial charge >= 0.3 is 12.1 Å². The Hall–Kier alpha value is -2.05. The number of fused-ring (bicyclic) bond motifs is 1. The average molecular weight is 258 g/mol. The quantitative estimate of drug-likeness (QED) is 0.900. The zero-order chi connectivity index (χ0) is 13.5. The fraction of sp³-hybridized carbons (Fsp3) is 0.273. The number of hydrogen-bond donors (Lipinski definition) is 1. The summed E-state index contributed by atoms with van der Waals surface area (Å²) in [6, 6.07) is 2.04. The number of pyridine rings is 1. The maximum atomic E-state index is 12.6. The second kappa shape index (κ2) is 4.01. The van der Waals surface area contributed by atoms with Gasteiger partial charge in [0.25, 0.3) is 0 Å². The minimum absolute atomic E-state index is 0.192. The smallest absolute Gasteiger partial charge is 0.417 e. The summed E-state index contributed by atoms with van der Waals surface area (Å²) in [6.45, 7) is 1.69. The molecule has 0 spiro atoms. The van der Waals surface area contributed by atoms with E-state index in [2.05, 4.69) is 4.98 Å². The van der Waals surface area contributed by atoms with Gasteiger partial charge in [0.15, 0.2) is 5.69 Å². The molecule has 0 aliphatic heterocycles. The van der Waals surface area contributed by atoms with Crippen LogP contribution in [0.25, 0.3) is 5.65 Å². The van der Waals surface area contributed by atoms with Crippen LogP contribution in [0.1, 0.15) is 28.7 Å². The van der Waals surface area contributed by atoms with Crippen LogP contribution in [-0.4, -0.2) is 20.5 Å². The maximum absolute atomic E-state index is 12.6. The summed E-state index contributed by atoms with van der Waals surface area (Å²) in [5, 5.41) is 9.04. The minimum Gasteiger partial charge on any atom is -0.477 e. The number of aromatic nitrogens is 2. The number of hydrogen-bond acceptors (Lipinski definition) is 2. The summed E-state index contributed by atoms with van der Waals surface area (Å²) in [6.07, 6.45) is -3.42. The zero-order valence-corrected chi connectivity index (χ0v) is 9.32. The van der Waals surface area contributed by atoms with Gasteiger partial charge in [-0.25, -0.2) is 9.78 Å². The fourth-order valence-corrected chi connectivity index (χ4v) is 1.73. The molecule has 2 aromatic rings. The van der Waals surface area contributed by atoms with Crippen LogP contribution in [0.15, 0.2) is 18.3 Å². The highest BCUT2D eigenvalue weighted by Gasteiger charge is 2.31. The number of carbonyl (C=O) groups is 1. The summed E-state index contributed by atoms with van der Waals surface area (Å²) in [5.74, 6) is -1.29. The molecule has 0 unspecified atom stereocenters. The Labute approximate surface area is 99.7 Å². The van der Waals surface area contributed by atoms with Gasteiger partial charge in [-0.2, -0.15) is 13.2 Å². The molecule has 2 rings (SSSR count). The lowest BCUT2D eigenvalue weighted by Gasteiger charge is -2.07. The van der Waals surface area contributed by atoms with Gasteiger partial charge in [-0.05, 0) is 18.6 Å². The second-order valence-electron chi connectivity index (χ2n) is 3.71. The van der Waals surface area contributed by atoms with Gasteiger partial charge in [0.05, 0.1) is 11.3 Å². The largest absolute Gasteiger partial charge is 0.477 e. The van der Waals surface area contributed by atoms with E-state index in [-0.39, 0.29) is 17.0 Å².